The van der Waals surface area contributed by atoms with Crippen LogP contribution in [0.15, 0.2) is 0 Å². The molecule has 1 nitrogen and oxygen atoms in total. The molecule has 0 N–H and O–H groups in total. The van der Waals surface area contributed by atoms with Gasteiger partial charge in [-0.1, -0.05) is 181 Å². The normalized spacial score (nSPS) is 12.3. The van der Waals surface area contributed by atoms with Crippen LogP contribution in [0.3, 0.4) is 0 Å². The molecule has 0 aromatic heterocycles. The highest BCUT2D eigenvalue weighted by molar-refractivity contribution is 5.78. The molecule has 0 heterocycles. The topological polar surface area (TPSA) is 17.1 Å². The summed E-state index contributed by atoms with van der Waals surface area (Å²) in [5.41, 5.74) is 0. The quantitative estimate of drug-likeness (QED) is 0.0911. The Bertz CT molecular complexity index is 401. The fraction of sp³-hybridized carbons (Fsp3) is 0.971. The lowest BCUT2D eigenvalue weighted by atomic mass is 9.98. The molecule has 0 bridgehead atoms. The van der Waals surface area contributed by atoms with Crippen LogP contribution in [0.2, 0.25) is 0 Å². The van der Waals surface area contributed by atoms with Crippen LogP contribution in [0.1, 0.15) is 207 Å². The summed E-state index contributed by atoms with van der Waals surface area (Å²) < 4.78 is 0. The van der Waals surface area contributed by atoms with Gasteiger partial charge in [-0.2, -0.15) is 0 Å². The first kappa shape index (κ1) is 34.7. The first-order chi connectivity index (χ1) is 17.2. The molecule has 0 fully saturated rings. The summed E-state index contributed by atoms with van der Waals surface area (Å²) in [6, 6.07) is 0. The Balaban J connectivity index is 3.17. The Morgan fingerprint density at radius 1 is 0.400 bits per heavy atom. The van der Waals surface area contributed by atoms with Gasteiger partial charge >= 0.3 is 0 Å². The number of carbonyl (C=O) groups is 1. The van der Waals surface area contributed by atoms with E-state index in [0.717, 1.165) is 31.6 Å². The van der Waals surface area contributed by atoms with Crippen LogP contribution in [-0.4, -0.2) is 5.78 Å². The molecule has 0 aliphatic heterocycles. The van der Waals surface area contributed by atoms with E-state index in [1.165, 1.54) is 161 Å². The van der Waals surface area contributed by atoms with Gasteiger partial charge in [0, 0.05) is 12.8 Å². The molecule has 210 valence electrons. The third-order valence-electron chi connectivity index (χ3n) is 7.99. The van der Waals surface area contributed by atoms with Crippen molar-refractivity contribution in [2.24, 2.45) is 5.92 Å². The zero-order valence-electron chi connectivity index (χ0n) is 25.0. The average Bonchev–Trinajstić information content (AvgIpc) is 2.85. The summed E-state index contributed by atoms with van der Waals surface area (Å²) in [7, 11) is 0. The van der Waals surface area contributed by atoms with Crippen molar-refractivity contribution >= 4 is 5.78 Å². The standard InChI is InChI=1S/C34H68O/c1-4-6-7-8-9-10-11-15-18-21-24-27-31-34(35)32-28-25-22-19-16-13-12-14-17-20-23-26-30-33(3)29-5-2/h33H,4-32H2,1-3H3. The lowest BCUT2D eigenvalue weighted by molar-refractivity contribution is -0.119. The summed E-state index contributed by atoms with van der Waals surface area (Å²) >= 11 is 0. The van der Waals surface area contributed by atoms with Gasteiger partial charge in [-0.25, -0.2) is 0 Å². The monoisotopic (exact) mass is 493 g/mol. The van der Waals surface area contributed by atoms with E-state index < -0.39 is 0 Å². The van der Waals surface area contributed by atoms with Gasteiger partial charge < -0.3 is 0 Å². The molecule has 1 heteroatoms. The first-order valence-corrected chi connectivity index (χ1v) is 16.7. The number of hydrogen-bond donors (Lipinski definition) is 0. The number of rotatable bonds is 30. The molecule has 0 spiro atoms. The average molecular weight is 493 g/mol. The molecule has 0 radical (unpaired) electrons. The van der Waals surface area contributed by atoms with E-state index in [-0.39, 0.29) is 0 Å². The maximum Gasteiger partial charge on any atom is 0.132 e. The molecule has 35 heavy (non-hydrogen) atoms. The van der Waals surface area contributed by atoms with Gasteiger partial charge in [0.25, 0.3) is 0 Å². The lowest BCUT2D eigenvalue weighted by Gasteiger charge is -2.09. The van der Waals surface area contributed by atoms with Crippen LogP contribution < -0.4 is 0 Å². The summed E-state index contributed by atoms with van der Waals surface area (Å²) in [4.78, 5) is 12.1. The minimum Gasteiger partial charge on any atom is -0.300 e. The number of carbonyl (C=O) groups excluding carboxylic acids is 1. The SMILES string of the molecule is CCCCCCCCCCCCCCC(=O)CCCCCCCCCCCCCCC(C)CCC. The summed E-state index contributed by atoms with van der Waals surface area (Å²) in [5, 5.41) is 0. The Kier molecular flexibility index (Phi) is 29.6. The molecule has 0 amide bonds. The van der Waals surface area contributed by atoms with Crippen molar-refractivity contribution in [3.8, 4) is 0 Å². The fourth-order valence-electron chi connectivity index (χ4n) is 5.51. The molecule has 0 aliphatic rings. The van der Waals surface area contributed by atoms with Gasteiger partial charge in [-0.05, 0) is 18.8 Å². The predicted molar refractivity (Wildman–Crippen MR) is 159 cm³/mol. The van der Waals surface area contributed by atoms with Crippen LogP contribution in [0, 0.1) is 5.92 Å². The highest BCUT2D eigenvalue weighted by Crippen LogP contribution is 2.17. The van der Waals surface area contributed by atoms with Crippen molar-refractivity contribution in [3.63, 3.8) is 0 Å². The number of hydrogen-bond acceptors (Lipinski definition) is 1. The molecule has 1 atom stereocenters. The van der Waals surface area contributed by atoms with E-state index in [9.17, 15) is 4.79 Å². The first-order valence-electron chi connectivity index (χ1n) is 16.7. The number of unbranched alkanes of at least 4 members (excludes halogenated alkanes) is 22. The molecular formula is C34H68O. The van der Waals surface area contributed by atoms with Crippen molar-refractivity contribution in [3.05, 3.63) is 0 Å². The van der Waals surface area contributed by atoms with Gasteiger partial charge in [-0.15, -0.1) is 0 Å². The van der Waals surface area contributed by atoms with Gasteiger partial charge in [0.2, 0.25) is 0 Å². The van der Waals surface area contributed by atoms with Crippen molar-refractivity contribution in [2.45, 2.75) is 207 Å². The van der Waals surface area contributed by atoms with Crippen LogP contribution in [0.5, 0.6) is 0 Å². The third kappa shape index (κ3) is 29.8. The largest absolute Gasteiger partial charge is 0.300 e. The second kappa shape index (κ2) is 29.9. The van der Waals surface area contributed by atoms with Crippen molar-refractivity contribution in [1.29, 1.82) is 0 Å². The Morgan fingerprint density at radius 2 is 0.714 bits per heavy atom. The Morgan fingerprint density at radius 3 is 1.06 bits per heavy atom. The summed E-state index contributed by atoms with van der Waals surface area (Å²) in [6.45, 7) is 7.01. The zero-order chi connectivity index (χ0) is 25.7. The van der Waals surface area contributed by atoms with E-state index in [4.69, 9.17) is 0 Å². The van der Waals surface area contributed by atoms with Crippen LogP contribution in [-0.2, 0) is 4.79 Å². The van der Waals surface area contributed by atoms with E-state index >= 15 is 0 Å². The second-order valence-electron chi connectivity index (χ2n) is 11.9. The zero-order valence-corrected chi connectivity index (χ0v) is 25.0. The molecule has 0 aromatic rings. The maximum atomic E-state index is 12.1. The second-order valence-corrected chi connectivity index (χ2v) is 11.9. The van der Waals surface area contributed by atoms with Crippen molar-refractivity contribution in [2.75, 3.05) is 0 Å². The van der Waals surface area contributed by atoms with Crippen LogP contribution >= 0.6 is 0 Å². The molecule has 0 aromatic carbocycles. The van der Waals surface area contributed by atoms with E-state index in [2.05, 4.69) is 20.8 Å². The Hall–Kier alpha value is -0.330. The number of Topliss-reactive ketones (excluding diaryl/α,β-unsaturated/α-hetero) is 1. The molecule has 1 unspecified atom stereocenters. The summed E-state index contributed by atoms with van der Waals surface area (Å²) in [5.74, 6) is 1.47. The van der Waals surface area contributed by atoms with E-state index in [1.807, 2.05) is 0 Å². The van der Waals surface area contributed by atoms with Gasteiger partial charge in [0.15, 0.2) is 0 Å². The van der Waals surface area contributed by atoms with E-state index in [1.54, 1.807) is 0 Å². The van der Waals surface area contributed by atoms with Gasteiger partial charge in [-0.3, -0.25) is 4.79 Å². The van der Waals surface area contributed by atoms with E-state index in [0.29, 0.717) is 5.78 Å². The smallest absolute Gasteiger partial charge is 0.132 e. The maximum absolute atomic E-state index is 12.1. The molecule has 0 saturated carbocycles. The van der Waals surface area contributed by atoms with Crippen molar-refractivity contribution < 1.29 is 4.79 Å². The van der Waals surface area contributed by atoms with Gasteiger partial charge in [0.05, 0.1) is 0 Å². The minimum atomic E-state index is 0.525. The fourth-order valence-corrected chi connectivity index (χ4v) is 5.51. The molecule has 0 aliphatic carbocycles. The highest BCUT2D eigenvalue weighted by atomic mass is 16.1. The third-order valence-corrected chi connectivity index (χ3v) is 7.99. The summed E-state index contributed by atoms with van der Waals surface area (Å²) in [6.07, 6.45) is 38.9. The predicted octanol–water partition coefficient (Wildman–Crippen LogP) is 12.5. The molecule has 0 saturated heterocycles. The lowest BCUT2D eigenvalue weighted by Crippen LogP contribution is -1.97. The van der Waals surface area contributed by atoms with Crippen molar-refractivity contribution in [1.82, 2.24) is 0 Å². The molecule has 0 rings (SSSR count). The van der Waals surface area contributed by atoms with Gasteiger partial charge in [0.1, 0.15) is 5.78 Å². The van der Waals surface area contributed by atoms with Crippen LogP contribution in [0.25, 0.3) is 0 Å². The Labute approximate surface area is 223 Å². The highest BCUT2D eigenvalue weighted by Gasteiger charge is 2.03. The minimum absolute atomic E-state index is 0.525. The number of ketones is 1. The molecular weight excluding hydrogens is 424 g/mol. The van der Waals surface area contributed by atoms with Crippen LogP contribution in [0.4, 0.5) is 0 Å².